The lowest BCUT2D eigenvalue weighted by molar-refractivity contribution is -0.132. The van der Waals surface area contributed by atoms with Crippen molar-refractivity contribution in [2.24, 2.45) is 0 Å². The summed E-state index contributed by atoms with van der Waals surface area (Å²) in [5.74, 6) is 0.330. The molecule has 0 N–H and O–H groups in total. The minimum absolute atomic E-state index is 0.330. The van der Waals surface area contributed by atoms with Crippen LogP contribution in [-0.2, 0) is 4.79 Å². The smallest absolute Gasteiger partial charge is 0.222 e. The summed E-state index contributed by atoms with van der Waals surface area (Å²) >= 11 is 0. The van der Waals surface area contributed by atoms with E-state index >= 15 is 0 Å². The maximum atomic E-state index is 12.0. The Labute approximate surface area is 128 Å². The molecule has 1 amide bonds. The average Bonchev–Trinajstić information content (AvgIpc) is 2.54. The third-order valence-electron chi connectivity index (χ3n) is 3.94. The second-order valence-electron chi connectivity index (χ2n) is 5.60. The van der Waals surface area contributed by atoms with Crippen LogP contribution in [0.4, 0.5) is 0 Å². The third-order valence-corrected chi connectivity index (χ3v) is 3.94. The first-order chi connectivity index (χ1) is 10.3. The van der Waals surface area contributed by atoms with Gasteiger partial charge in [-0.1, -0.05) is 55.8 Å². The van der Waals surface area contributed by atoms with Gasteiger partial charge in [-0.25, -0.2) is 0 Å². The lowest BCUT2D eigenvalue weighted by Crippen LogP contribution is -2.48. The van der Waals surface area contributed by atoms with Crippen LogP contribution in [0.15, 0.2) is 36.4 Å². The van der Waals surface area contributed by atoms with Crippen molar-refractivity contribution in [3.8, 4) is 0 Å². The predicted molar refractivity (Wildman–Crippen MR) is 88.0 cm³/mol. The number of carbonyl (C=O) groups is 1. The Morgan fingerprint density at radius 3 is 2.52 bits per heavy atom. The zero-order valence-corrected chi connectivity index (χ0v) is 13.0. The van der Waals surface area contributed by atoms with Crippen LogP contribution in [-0.4, -0.2) is 48.4 Å². The fourth-order valence-electron chi connectivity index (χ4n) is 2.57. The van der Waals surface area contributed by atoms with Gasteiger partial charge in [0.2, 0.25) is 5.91 Å². The Morgan fingerprint density at radius 1 is 1.14 bits per heavy atom. The van der Waals surface area contributed by atoms with Gasteiger partial charge in [0, 0.05) is 39.1 Å². The Bertz CT molecular complexity index is 448. The molecule has 0 radical (unpaired) electrons. The molecule has 0 aliphatic carbocycles. The van der Waals surface area contributed by atoms with Crippen molar-refractivity contribution in [2.75, 3.05) is 32.7 Å². The first kappa shape index (κ1) is 15.8. The maximum Gasteiger partial charge on any atom is 0.222 e. The van der Waals surface area contributed by atoms with E-state index in [-0.39, 0.29) is 0 Å². The van der Waals surface area contributed by atoms with Gasteiger partial charge in [0.15, 0.2) is 0 Å². The highest BCUT2D eigenvalue weighted by Crippen LogP contribution is 2.07. The van der Waals surface area contributed by atoms with Gasteiger partial charge in [-0.2, -0.15) is 0 Å². The van der Waals surface area contributed by atoms with Crippen LogP contribution in [0.25, 0.3) is 6.08 Å². The van der Waals surface area contributed by atoms with Crippen LogP contribution >= 0.6 is 0 Å². The Kier molecular flexibility index (Phi) is 6.48. The predicted octanol–water partition coefficient (Wildman–Crippen LogP) is 3.03. The van der Waals surface area contributed by atoms with E-state index in [0.29, 0.717) is 12.3 Å². The maximum absolute atomic E-state index is 12.0. The molecule has 3 heteroatoms. The monoisotopic (exact) mass is 286 g/mol. The fourth-order valence-corrected chi connectivity index (χ4v) is 2.57. The molecular formula is C18H26N2O. The molecule has 0 atom stereocenters. The van der Waals surface area contributed by atoms with Gasteiger partial charge in [0.1, 0.15) is 0 Å². The number of hydrogen-bond donors (Lipinski definition) is 0. The molecule has 2 rings (SSSR count). The van der Waals surface area contributed by atoms with Gasteiger partial charge >= 0.3 is 0 Å². The van der Waals surface area contributed by atoms with Crippen molar-refractivity contribution < 1.29 is 4.79 Å². The molecule has 1 aromatic carbocycles. The topological polar surface area (TPSA) is 23.6 Å². The minimum atomic E-state index is 0.330. The highest BCUT2D eigenvalue weighted by atomic mass is 16.2. The Morgan fingerprint density at radius 2 is 1.86 bits per heavy atom. The van der Waals surface area contributed by atoms with Crippen LogP contribution in [0.2, 0.25) is 0 Å². The number of unbranched alkanes of at least 4 members (excludes halogenated alkanes) is 1. The quantitative estimate of drug-likeness (QED) is 0.802. The van der Waals surface area contributed by atoms with Gasteiger partial charge in [-0.3, -0.25) is 9.69 Å². The zero-order chi connectivity index (χ0) is 14.9. The molecule has 1 saturated heterocycles. The van der Waals surface area contributed by atoms with Crippen molar-refractivity contribution in [1.29, 1.82) is 0 Å². The molecule has 0 aromatic heterocycles. The van der Waals surface area contributed by atoms with E-state index in [1.807, 2.05) is 11.0 Å². The molecule has 0 bridgehead atoms. The summed E-state index contributed by atoms with van der Waals surface area (Å²) < 4.78 is 0. The number of carbonyl (C=O) groups excluding carboxylic acids is 1. The summed E-state index contributed by atoms with van der Waals surface area (Å²) in [6.07, 6.45) is 7.20. The van der Waals surface area contributed by atoms with E-state index < -0.39 is 0 Å². The summed E-state index contributed by atoms with van der Waals surface area (Å²) in [4.78, 5) is 16.4. The second-order valence-corrected chi connectivity index (χ2v) is 5.60. The third kappa shape index (κ3) is 5.35. The van der Waals surface area contributed by atoms with E-state index in [0.717, 1.165) is 45.6 Å². The second kappa shape index (κ2) is 8.63. The van der Waals surface area contributed by atoms with Crippen molar-refractivity contribution in [3.05, 3.63) is 42.0 Å². The van der Waals surface area contributed by atoms with Crippen LogP contribution in [0.1, 0.15) is 31.7 Å². The van der Waals surface area contributed by atoms with Gasteiger partial charge < -0.3 is 4.90 Å². The molecule has 0 unspecified atom stereocenters. The zero-order valence-electron chi connectivity index (χ0n) is 13.0. The summed E-state index contributed by atoms with van der Waals surface area (Å²) in [6, 6.07) is 10.4. The van der Waals surface area contributed by atoms with Crippen LogP contribution in [0.5, 0.6) is 0 Å². The summed E-state index contributed by atoms with van der Waals surface area (Å²) in [5, 5.41) is 0. The molecule has 0 spiro atoms. The molecule has 0 saturated carbocycles. The van der Waals surface area contributed by atoms with E-state index in [1.165, 1.54) is 5.56 Å². The largest absolute Gasteiger partial charge is 0.340 e. The molecule has 1 heterocycles. The van der Waals surface area contributed by atoms with Crippen molar-refractivity contribution in [1.82, 2.24) is 9.80 Å². The summed E-state index contributed by atoms with van der Waals surface area (Å²) in [7, 11) is 0. The molecule has 1 fully saturated rings. The van der Waals surface area contributed by atoms with Crippen molar-refractivity contribution >= 4 is 12.0 Å². The molecule has 1 aromatic rings. The minimum Gasteiger partial charge on any atom is -0.340 e. The number of piperazine rings is 1. The number of rotatable bonds is 6. The summed E-state index contributed by atoms with van der Waals surface area (Å²) in [6.45, 7) is 6.81. The Balaban J connectivity index is 1.69. The number of amides is 1. The van der Waals surface area contributed by atoms with Gasteiger partial charge in [0.05, 0.1) is 0 Å². The van der Waals surface area contributed by atoms with Crippen molar-refractivity contribution in [2.45, 2.75) is 26.2 Å². The first-order valence-corrected chi connectivity index (χ1v) is 8.01. The van der Waals surface area contributed by atoms with Crippen LogP contribution in [0, 0.1) is 0 Å². The first-order valence-electron chi connectivity index (χ1n) is 8.01. The number of hydrogen-bond acceptors (Lipinski definition) is 2. The van der Waals surface area contributed by atoms with E-state index in [1.54, 1.807) is 0 Å². The van der Waals surface area contributed by atoms with Gasteiger partial charge in [0.25, 0.3) is 0 Å². The van der Waals surface area contributed by atoms with Crippen LogP contribution < -0.4 is 0 Å². The molecule has 114 valence electrons. The SMILES string of the molecule is CCCCC(=O)N1CCN(CC=Cc2ccccc2)CC1. The number of nitrogens with zero attached hydrogens (tertiary/aromatic N) is 2. The van der Waals surface area contributed by atoms with Gasteiger partial charge in [-0.15, -0.1) is 0 Å². The molecular weight excluding hydrogens is 260 g/mol. The van der Waals surface area contributed by atoms with E-state index in [2.05, 4.69) is 48.2 Å². The van der Waals surface area contributed by atoms with E-state index in [9.17, 15) is 4.79 Å². The lowest BCUT2D eigenvalue weighted by Gasteiger charge is -2.34. The van der Waals surface area contributed by atoms with E-state index in [4.69, 9.17) is 0 Å². The van der Waals surface area contributed by atoms with Crippen molar-refractivity contribution in [3.63, 3.8) is 0 Å². The molecule has 3 nitrogen and oxygen atoms in total. The molecule has 1 aliphatic rings. The van der Waals surface area contributed by atoms with Crippen LogP contribution in [0.3, 0.4) is 0 Å². The fraction of sp³-hybridized carbons (Fsp3) is 0.500. The highest BCUT2D eigenvalue weighted by Gasteiger charge is 2.19. The van der Waals surface area contributed by atoms with Gasteiger partial charge in [-0.05, 0) is 12.0 Å². The standard InChI is InChI=1S/C18H26N2O/c1-2-3-11-18(21)20-15-13-19(14-16-20)12-7-10-17-8-5-4-6-9-17/h4-10H,2-3,11-16H2,1H3. The average molecular weight is 286 g/mol. The Hall–Kier alpha value is -1.61. The molecule has 1 aliphatic heterocycles. The number of benzene rings is 1. The summed E-state index contributed by atoms with van der Waals surface area (Å²) in [5.41, 5.74) is 1.24. The highest BCUT2D eigenvalue weighted by molar-refractivity contribution is 5.76. The normalized spacial score (nSPS) is 16.5. The molecule has 21 heavy (non-hydrogen) atoms. The lowest BCUT2D eigenvalue weighted by atomic mass is 10.2.